The van der Waals surface area contributed by atoms with Crippen molar-refractivity contribution in [2.24, 2.45) is 0 Å². The van der Waals surface area contributed by atoms with Gasteiger partial charge in [0, 0.05) is 65.4 Å². The minimum Gasteiger partial charge on any atom is -0.693 e. The van der Waals surface area contributed by atoms with E-state index >= 15 is 0 Å². The van der Waals surface area contributed by atoms with Crippen molar-refractivity contribution in [3.8, 4) is 0 Å². The minimum atomic E-state index is -0.268. The van der Waals surface area contributed by atoms with Gasteiger partial charge in [-0.3, -0.25) is 14.4 Å². The third kappa shape index (κ3) is 54.8. The number of unbranched alkanes of at least 4 members (excludes halogenated alkanes) is 15. The Balaban J connectivity index is -0.00000157. The molecule has 3 amide bonds. The average Bonchev–Trinajstić information content (AvgIpc) is 3.21. The molecular weight excluding hydrogens is 885 g/mol. The Hall–Kier alpha value is -1.30. The van der Waals surface area contributed by atoms with Gasteiger partial charge in [0.05, 0.1) is 52.3 Å². The van der Waals surface area contributed by atoms with Gasteiger partial charge in [-0.05, 0) is 45.7 Å². The summed E-state index contributed by atoms with van der Waals surface area (Å²) in [7, 11) is 1.72. The smallest absolute Gasteiger partial charge is 0.246 e. The van der Waals surface area contributed by atoms with Crippen LogP contribution in [0.2, 0.25) is 0 Å². The molecule has 0 spiro atoms. The molecule has 0 saturated carbocycles. The molecule has 371 valence electrons. The number of ether oxygens (including phenoxy) is 4. The van der Waals surface area contributed by atoms with Crippen molar-refractivity contribution >= 4 is 24.0 Å². The quantitative estimate of drug-likeness (QED) is 0.0337. The van der Waals surface area contributed by atoms with Gasteiger partial charge < -0.3 is 83.1 Å². The van der Waals surface area contributed by atoms with E-state index in [1.165, 1.54) is 70.6 Å². The van der Waals surface area contributed by atoms with E-state index in [4.69, 9.17) is 24.1 Å². The Labute approximate surface area is 398 Å². The Morgan fingerprint density at radius 3 is 1.48 bits per heavy atom. The summed E-state index contributed by atoms with van der Waals surface area (Å²) in [6, 6.07) is -0.486. The van der Waals surface area contributed by atoms with Crippen molar-refractivity contribution in [2.75, 3.05) is 99.3 Å². The molecule has 0 aromatic heterocycles. The van der Waals surface area contributed by atoms with Crippen LogP contribution >= 0.6 is 0 Å². The summed E-state index contributed by atoms with van der Waals surface area (Å²) in [4.78, 5) is 46.6. The van der Waals surface area contributed by atoms with Crippen LogP contribution in [-0.4, -0.2) is 162 Å². The van der Waals surface area contributed by atoms with Crippen LogP contribution in [0.4, 0.5) is 0 Å². The number of rotatable bonds is 46. The maximum Gasteiger partial charge on any atom is 0.246 e. The molecule has 0 unspecified atom stereocenters. The van der Waals surface area contributed by atoms with Gasteiger partial charge in [-0.25, -0.2) is 6.29 Å². The van der Waals surface area contributed by atoms with Crippen LogP contribution in [0.15, 0.2) is 0 Å². The largest absolute Gasteiger partial charge is 0.693 e. The van der Waals surface area contributed by atoms with E-state index in [-0.39, 0.29) is 112 Å². The predicted octanol–water partition coefficient (Wildman–Crippen LogP) is 1.47. The molecule has 0 aliphatic carbocycles. The zero-order valence-corrected chi connectivity index (χ0v) is 41.1. The van der Waals surface area contributed by atoms with Crippen molar-refractivity contribution in [1.82, 2.24) is 26.6 Å². The van der Waals surface area contributed by atoms with Gasteiger partial charge in [0.2, 0.25) is 17.7 Å². The Morgan fingerprint density at radius 1 is 0.532 bits per heavy atom. The number of likely N-dealkylation sites (N-methyl/N-ethyl adjacent to an activating group) is 1. The first kappa shape index (κ1) is 72.3. The minimum absolute atomic E-state index is 0. The van der Waals surface area contributed by atoms with Crippen molar-refractivity contribution < 1.29 is 97.5 Å². The van der Waals surface area contributed by atoms with Gasteiger partial charge >= 0.3 is 0 Å². The summed E-state index contributed by atoms with van der Waals surface area (Å²) in [6.45, 7) is 4.51. The Bertz CT molecular complexity index is 938. The first-order valence-corrected chi connectivity index (χ1v) is 22.1. The normalized spacial score (nSPS) is 11.3. The molecule has 20 heteroatoms. The predicted molar refractivity (Wildman–Crippen MR) is 240 cm³/mol. The molecule has 62 heavy (non-hydrogen) atoms. The summed E-state index contributed by atoms with van der Waals surface area (Å²) < 4.78 is 21.6. The van der Waals surface area contributed by atoms with Crippen molar-refractivity contribution in [3.63, 3.8) is 0 Å². The van der Waals surface area contributed by atoms with Crippen molar-refractivity contribution in [1.29, 1.82) is 0 Å². The van der Waals surface area contributed by atoms with Crippen molar-refractivity contribution in [2.45, 2.75) is 147 Å². The van der Waals surface area contributed by atoms with Crippen LogP contribution in [0.3, 0.4) is 0 Å². The van der Waals surface area contributed by atoms with E-state index in [0.717, 1.165) is 51.5 Å². The van der Waals surface area contributed by atoms with E-state index in [1.54, 1.807) is 7.05 Å². The van der Waals surface area contributed by atoms with E-state index in [0.29, 0.717) is 78.5 Å². The molecule has 0 rings (SSSR count). The summed E-state index contributed by atoms with van der Waals surface area (Å²) in [5.74, 6) is -0.423. The molecule has 1 radical (unpaired) electrons. The average molecular weight is 976 g/mol. The van der Waals surface area contributed by atoms with Crippen LogP contribution in [0.25, 0.3) is 6.15 Å². The van der Waals surface area contributed by atoms with E-state index in [2.05, 4.69) is 26.6 Å². The maximum absolute atomic E-state index is 12.3. The maximum atomic E-state index is 12.3. The number of nitrogens with one attached hydrogen (secondary N) is 5. The zero-order chi connectivity index (χ0) is 41.7. The Morgan fingerprint density at radius 2 is 1.00 bits per heavy atom. The third-order valence-electron chi connectivity index (χ3n) is 9.49. The molecule has 0 aliphatic heterocycles. The second-order valence-electron chi connectivity index (χ2n) is 14.6. The summed E-state index contributed by atoms with van der Waals surface area (Å²) in [6.07, 6.45) is 24.6. The van der Waals surface area contributed by atoms with Gasteiger partial charge in [0.1, 0.15) is 13.2 Å². The fourth-order valence-corrected chi connectivity index (χ4v) is 6.04. The standard InChI is InChI=1S/C42H82N5O10.H2N.3H2O.Y/c1-43-38(34-49)20-16-17-24-45-41(52)36-56-33-31-55-29-26-46-42(53)37-57-32-30-54-28-25-44-23-19-21-39(35-50)47-40(51)22-15-13-11-9-7-5-3-2-4-6-8-10-12-14-18-27-48;;;;;/h38-39,43-44,48,50H,2-33,35-37H2,1H3,(H,45,52)(H,46,53)(H,47,51);4*1H2;/q2*-1;;;;/t38-,39-;;;;;/m0...../s1. The molecular formula is C42H90N6O13Y-2. The zero-order valence-electron chi connectivity index (χ0n) is 38.2. The number of amides is 3. The summed E-state index contributed by atoms with van der Waals surface area (Å²) >= 11 is 0. The molecule has 15 N–H and O–H groups in total. The van der Waals surface area contributed by atoms with E-state index < -0.39 is 0 Å². The third-order valence-corrected chi connectivity index (χ3v) is 9.49. The van der Waals surface area contributed by atoms with Crippen LogP contribution in [0.1, 0.15) is 135 Å². The topological polar surface area (TPSA) is 334 Å². The van der Waals surface area contributed by atoms with Crippen LogP contribution < -0.4 is 26.6 Å². The molecule has 0 bridgehead atoms. The molecule has 0 aromatic carbocycles. The van der Waals surface area contributed by atoms with Gasteiger partial charge in [-0.1, -0.05) is 102 Å². The van der Waals surface area contributed by atoms with Gasteiger partial charge in [0.15, 0.2) is 0 Å². The number of aliphatic hydroxyl groups is 2. The van der Waals surface area contributed by atoms with Crippen LogP contribution in [0.5, 0.6) is 0 Å². The monoisotopic (exact) mass is 976 g/mol. The van der Waals surface area contributed by atoms with Crippen LogP contribution in [-0.2, 0) is 70.8 Å². The molecule has 0 aliphatic rings. The SMILES string of the molecule is CN[C@H]([C-]=O)CCCCNC(=O)COCCOCCNC(=O)COCCOCCNCCC[C@@H](CO)NC(=O)CCCCCCCCCCCCCCCCCO.O.O.O.[NH2-].[Y]. The first-order chi connectivity index (χ1) is 28.0. The number of nitrogens with two attached hydrogens (primary N) is 1. The molecule has 0 saturated heterocycles. The number of hydrogen-bond acceptors (Lipinski definition) is 12. The molecule has 19 nitrogen and oxygen atoms in total. The van der Waals surface area contributed by atoms with Crippen LogP contribution in [0, 0.1) is 0 Å². The molecule has 0 fully saturated rings. The van der Waals surface area contributed by atoms with Gasteiger partial charge in [0.25, 0.3) is 0 Å². The second-order valence-corrected chi connectivity index (χ2v) is 14.6. The molecule has 2 atom stereocenters. The number of carbonyl (C=O) groups is 3. The van der Waals surface area contributed by atoms with Gasteiger partial charge in [-0.15, -0.1) is 0 Å². The fourth-order valence-electron chi connectivity index (χ4n) is 6.04. The number of hydrogen-bond donors (Lipinski definition) is 7. The first-order valence-electron chi connectivity index (χ1n) is 22.1. The molecule has 0 aromatic rings. The summed E-state index contributed by atoms with van der Waals surface area (Å²) in [5.41, 5.74) is 0. The molecule has 0 heterocycles. The number of carbonyl (C=O) groups excluding carboxylic acids is 4. The van der Waals surface area contributed by atoms with Gasteiger partial charge in [-0.2, -0.15) is 0 Å². The van der Waals surface area contributed by atoms with Crippen molar-refractivity contribution in [3.05, 3.63) is 6.15 Å². The van der Waals surface area contributed by atoms with E-state index in [9.17, 15) is 24.3 Å². The second kappa shape index (κ2) is 59.7. The number of aliphatic hydroxyl groups excluding tert-OH is 2. The van der Waals surface area contributed by atoms with E-state index in [1.807, 2.05) is 6.29 Å². The Kier molecular flexibility index (Phi) is 69.6. The summed E-state index contributed by atoms with van der Waals surface area (Å²) in [5, 5.41) is 33.1. The fraction of sp³-hybridized carbons (Fsp3) is 0.905.